The predicted molar refractivity (Wildman–Crippen MR) is 57.4 cm³/mol. The van der Waals surface area contributed by atoms with Crippen LogP contribution in [0.4, 0.5) is 0 Å². The van der Waals surface area contributed by atoms with Crippen LogP contribution in [0.25, 0.3) is 0 Å². The van der Waals surface area contributed by atoms with E-state index in [2.05, 4.69) is 15.0 Å². The molecule has 2 aliphatic heterocycles. The SMILES string of the molecule is C1=COC=CN1.C1=COCN=C1.CC. The summed E-state index contributed by atoms with van der Waals surface area (Å²) in [6.45, 7) is 4.48. The van der Waals surface area contributed by atoms with Gasteiger partial charge in [0.25, 0.3) is 0 Å². The first-order chi connectivity index (χ1) is 7.00. The monoisotopic (exact) mass is 196 g/mol. The summed E-state index contributed by atoms with van der Waals surface area (Å²) in [5.41, 5.74) is 0. The zero-order valence-corrected chi connectivity index (χ0v) is 8.51. The summed E-state index contributed by atoms with van der Waals surface area (Å²) < 4.78 is 9.34. The Balaban J connectivity index is 0.000000206. The number of allylic oxidation sites excluding steroid dienone is 1. The number of rotatable bonds is 0. The average Bonchev–Trinajstić information content (AvgIpc) is 2.37. The molecule has 78 valence electrons. The largest absolute Gasteiger partial charge is 0.479 e. The number of aliphatic imine (C=N–C) groups is 1. The number of hydrogen-bond donors (Lipinski definition) is 1. The Morgan fingerprint density at radius 3 is 2.00 bits per heavy atom. The smallest absolute Gasteiger partial charge is 0.178 e. The first kappa shape index (κ1) is 12.3. The second kappa shape index (κ2) is 11.3. The van der Waals surface area contributed by atoms with Crippen molar-refractivity contribution in [3.05, 3.63) is 37.3 Å². The molecule has 2 aliphatic rings. The third kappa shape index (κ3) is 8.39. The molecule has 0 fully saturated rings. The molecule has 0 spiro atoms. The van der Waals surface area contributed by atoms with Gasteiger partial charge in [0, 0.05) is 18.6 Å². The van der Waals surface area contributed by atoms with Gasteiger partial charge >= 0.3 is 0 Å². The van der Waals surface area contributed by atoms with Crippen molar-refractivity contribution in [1.29, 1.82) is 0 Å². The Morgan fingerprint density at radius 2 is 1.86 bits per heavy atom. The highest BCUT2D eigenvalue weighted by Gasteiger charge is 1.75. The maximum atomic E-state index is 4.69. The van der Waals surface area contributed by atoms with Crippen molar-refractivity contribution in [3.63, 3.8) is 0 Å². The summed E-state index contributed by atoms with van der Waals surface area (Å²) in [6, 6.07) is 0. The topological polar surface area (TPSA) is 42.8 Å². The zero-order valence-electron chi connectivity index (χ0n) is 8.51. The molecule has 0 radical (unpaired) electrons. The van der Waals surface area contributed by atoms with Crippen LogP contribution in [0.15, 0.2) is 42.3 Å². The van der Waals surface area contributed by atoms with Crippen LogP contribution in [0.1, 0.15) is 13.8 Å². The molecule has 0 saturated heterocycles. The van der Waals surface area contributed by atoms with Gasteiger partial charge < -0.3 is 14.8 Å². The molecule has 0 atom stereocenters. The van der Waals surface area contributed by atoms with E-state index in [0.29, 0.717) is 6.73 Å². The first-order valence-electron chi connectivity index (χ1n) is 4.48. The molecular weight excluding hydrogens is 180 g/mol. The van der Waals surface area contributed by atoms with Crippen molar-refractivity contribution in [2.24, 2.45) is 4.99 Å². The number of nitrogens with zero attached hydrogens (tertiary/aromatic N) is 1. The number of ether oxygens (including phenoxy) is 2. The maximum absolute atomic E-state index is 4.69. The summed E-state index contributed by atoms with van der Waals surface area (Å²) in [6.07, 6.45) is 11.6. The van der Waals surface area contributed by atoms with E-state index in [-0.39, 0.29) is 0 Å². The fourth-order valence-electron chi connectivity index (χ4n) is 0.539. The molecule has 0 aromatic heterocycles. The molecule has 0 saturated carbocycles. The van der Waals surface area contributed by atoms with Gasteiger partial charge in [-0.3, -0.25) is 4.99 Å². The van der Waals surface area contributed by atoms with Gasteiger partial charge in [0.2, 0.25) is 0 Å². The zero-order chi connectivity index (χ0) is 10.5. The molecule has 4 nitrogen and oxygen atoms in total. The quantitative estimate of drug-likeness (QED) is 0.645. The van der Waals surface area contributed by atoms with Gasteiger partial charge in [-0.05, 0) is 6.08 Å². The first-order valence-corrected chi connectivity index (χ1v) is 4.48. The standard InChI is InChI=1S/2C4H5NO.C2H6/c1-3-6-4-2-5-1;1-2-5-4-6-3-1;1-2/h1-5H;1-3H,4H2;1-2H3. The van der Waals surface area contributed by atoms with Gasteiger partial charge in [-0.15, -0.1) is 0 Å². The fraction of sp³-hybridized carbons (Fsp3) is 0.300. The highest BCUT2D eigenvalue weighted by atomic mass is 16.5. The van der Waals surface area contributed by atoms with E-state index in [0.717, 1.165) is 0 Å². The number of hydrogen-bond acceptors (Lipinski definition) is 4. The highest BCUT2D eigenvalue weighted by Crippen LogP contribution is 1.82. The van der Waals surface area contributed by atoms with Crippen LogP contribution in [0, 0.1) is 0 Å². The van der Waals surface area contributed by atoms with Crippen LogP contribution >= 0.6 is 0 Å². The van der Waals surface area contributed by atoms with Crippen molar-refractivity contribution in [1.82, 2.24) is 5.32 Å². The lowest BCUT2D eigenvalue weighted by atomic mass is 10.7. The van der Waals surface area contributed by atoms with Gasteiger partial charge in [0.05, 0.1) is 6.26 Å². The summed E-state index contributed by atoms with van der Waals surface area (Å²) in [4.78, 5) is 3.74. The van der Waals surface area contributed by atoms with Crippen molar-refractivity contribution in [2.75, 3.05) is 6.73 Å². The molecule has 14 heavy (non-hydrogen) atoms. The molecule has 1 N–H and O–H groups in total. The van der Waals surface area contributed by atoms with Crippen LogP contribution in [-0.2, 0) is 9.47 Å². The minimum atomic E-state index is 0.483. The lowest BCUT2D eigenvalue weighted by molar-refractivity contribution is 0.259. The van der Waals surface area contributed by atoms with Crippen LogP contribution in [0.5, 0.6) is 0 Å². The van der Waals surface area contributed by atoms with E-state index >= 15 is 0 Å². The van der Waals surface area contributed by atoms with Crippen molar-refractivity contribution < 1.29 is 9.47 Å². The van der Waals surface area contributed by atoms with Crippen molar-refractivity contribution in [2.45, 2.75) is 13.8 Å². The molecular formula is C10H16N2O2. The Bertz CT molecular complexity index is 188. The van der Waals surface area contributed by atoms with Crippen molar-refractivity contribution >= 4 is 6.21 Å². The van der Waals surface area contributed by atoms with E-state index < -0.39 is 0 Å². The van der Waals surface area contributed by atoms with Crippen LogP contribution < -0.4 is 5.32 Å². The summed E-state index contributed by atoms with van der Waals surface area (Å²) in [5, 5.41) is 2.80. The molecule has 2 rings (SSSR count). The molecule has 0 amide bonds. The van der Waals surface area contributed by atoms with Gasteiger partial charge in [-0.1, -0.05) is 13.8 Å². The Kier molecular flexibility index (Phi) is 9.91. The molecule has 0 unspecified atom stereocenters. The summed E-state index contributed by atoms with van der Waals surface area (Å²) >= 11 is 0. The molecule has 0 aliphatic carbocycles. The van der Waals surface area contributed by atoms with Gasteiger partial charge in [-0.25, -0.2) is 0 Å². The second-order valence-corrected chi connectivity index (χ2v) is 1.86. The lowest BCUT2D eigenvalue weighted by Crippen LogP contribution is -1.94. The minimum Gasteiger partial charge on any atom is -0.479 e. The van der Waals surface area contributed by atoms with Gasteiger partial charge in [-0.2, -0.15) is 0 Å². The van der Waals surface area contributed by atoms with Crippen LogP contribution in [-0.4, -0.2) is 12.9 Å². The maximum Gasteiger partial charge on any atom is 0.178 e. The molecule has 0 bridgehead atoms. The number of nitrogens with one attached hydrogen (secondary N) is 1. The molecule has 0 aromatic carbocycles. The Hall–Kier alpha value is -1.71. The Morgan fingerprint density at radius 1 is 1.14 bits per heavy atom. The molecule has 2 heterocycles. The van der Waals surface area contributed by atoms with E-state index in [1.807, 2.05) is 13.8 Å². The van der Waals surface area contributed by atoms with Gasteiger partial charge in [0.1, 0.15) is 12.5 Å². The third-order valence-electron chi connectivity index (χ3n) is 1.00. The highest BCUT2D eigenvalue weighted by molar-refractivity contribution is 5.70. The molecule has 4 heteroatoms. The summed E-state index contributed by atoms with van der Waals surface area (Å²) in [7, 11) is 0. The van der Waals surface area contributed by atoms with Crippen LogP contribution in [0.3, 0.4) is 0 Å². The normalized spacial score (nSPS) is 14.7. The Labute approximate surface area is 84.6 Å². The van der Waals surface area contributed by atoms with E-state index in [4.69, 9.17) is 4.74 Å². The third-order valence-corrected chi connectivity index (χ3v) is 1.00. The van der Waals surface area contributed by atoms with Gasteiger partial charge in [0.15, 0.2) is 6.73 Å². The minimum absolute atomic E-state index is 0.483. The average molecular weight is 196 g/mol. The van der Waals surface area contributed by atoms with Crippen LogP contribution in [0.2, 0.25) is 0 Å². The molecule has 0 aromatic rings. The lowest BCUT2D eigenvalue weighted by Gasteiger charge is -1.94. The summed E-state index contributed by atoms with van der Waals surface area (Å²) in [5.74, 6) is 0. The van der Waals surface area contributed by atoms with E-state index in [1.54, 1.807) is 43.5 Å². The van der Waals surface area contributed by atoms with E-state index in [1.165, 1.54) is 0 Å². The van der Waals surface area contributed by atoms with E-state index in [9.17, 15) is 0 Å². The predicted octanol–water partition coefficient (Wildman–Crippen LogP) is 2.13. The van der Waals surface area contributed by atoms with Crippen molar-refractivity contribution in [3.8, 4) is 0 Å². The second-order valence-electron chi connectivity index (χ2n) is 1.86. The fourth-order valence-corrected chi connectivity index (χ4v) is 0.539.